The van der Waals surface area contributed by atoms with Crippen LogP contribution in [0.15, 0.2) is 0 Å². The summed E-state index contributed by atoms with van der Waals surface area (Å²) in [4.78, 5) is 20.0. The second-order valence-electron chi connectivity index (χ2n) is 2.37. The molecule has 1 aliphatic rings. The van der Waals surface area contributed by atoms with E-state index in [2.05, 4.69) is 0 Å². The second-order valence-corrected chi connectivity index (χ2v) is 5.33. The van der Waals surface area contributed by atoms with Crippen molar-refractivity contribution in [2.75, 3.05) is 0 Å². The van der Waals surface area contributed by atoms with Gasteiger partial charge in [-0.15, -0.1) is 0 Å². The Labute approximate surface area is 69.8 Å². The van der Waals surface area contributed by atoms with Crippen molar-refractivity contribution >= 4 is 26.9 Å². The zero-order chi connectivity index (χ0) is 8.43. The third-order valence-electron chi connectivity index (χ3n) is 1.57. The van der Waals surface area contributed by atoms with Crippen molar-refractivity contribution in [1.82, 2.24) is 0 Å². The molecule has 0 bridgehead atoms. The van der Waals surface area contributed by atoms with E-state index in [0.29, 0.717) is 12.8 Å². The van der Waals surface area contributed by atoms with Crippen molar-refractivity contribution in [3.63, 3.8) is 0 Å². The summed E-state index contributed by atoms with van der Waals surface area (Å²) in [7, 11) is 0. The topological polar surface area (TPSA) is 74.6 Å². The van der Waals surface area contributed by atoms with Gasteiger partial charge in [0, 0.05) is 0 Å². The first-order chi connectivity index (χ1) is 5.11. The fourth-order valence-electron chi connectivity index (χ4n) is 1.00. The molecular weight excluding hydrogens is 215 g/mol. The van der Waals surface area contributed by atoms with Gasteiger partial charge in [-0.3, -0.25) is 0 Å². The molecule has 11 heavy (non-hydrogen) atoms. The van der Waals surface area contributed by atoms with Gasteiger partial charge < -0.3 is 0 Å². The van der Waals surface area contributed by atoms with Crippen LogP contribution in [-0.4, -0.2) is 37.1 Å². The minimum atomic E-state index is -0.839. The van der Waals surface area contributed by atoms with Gasteiger partial charge in [0.1, 0.15) is 0 Å². The molecule has 0 amide bonds. The van der Waals surface area contributed by atoms with Crippen LogP contribution in [0.1, 0.15) is 12.8 Å². The Kier molecular flexibility index (Phi) is 2.52. The predicted octanol–water partition coefficient (Wildman–Crippen LogP) is 0.231. The molecule has 0 aromatic carbocycles. The number of rotatable bonds is 2. The van der Waals surface area contributed by atoms with Crippen molar-refractivity contribution in [2.45, 2.75) is 22.5 Å². The normalized spacial score (nSPS) is 30.2. The van der Waals surface area contributed by atoms with Gasteiger partial charge in [-0.1, -0.05) is 0 Å². The first-order valence-corrected chi connectivity index (χ1v) is 5.20. The first-order valence-electron chi connectivity index (χ1n) is 3.22. The monoisotopic (exact) mass is 224 g/mol. The molecule has 0 aliphatic carbocycles. The van der Waals surface area contributed by atoms with E-state index in [1.54, 1.807) is 0 Å². The molecule has 1 saturated heterocycles. The van der Waals surface area contributed by atoms with E-state index < -0.39 is 11.9 Å². The van der Waals surface area contributed by atoms with E-state index >= 15 is 0 Å². The summed E-state index contributed by atoms with van der Waals surface area (Å²) in [6.45, 7) is 0. The summed E-state index contributed by atoms with van der Waals surface area (Å²) >= 11 is -0.252. The van der Waals surface area contributed by atoms with E-state index in [1.807, 2.05) is 0 Å². The maximum absolute atomic E-state index is 10.4. The molecule has 5 heteroatoms. The SMILES string of the molecule is O=C(O)C1CCC(C(=O)O)[Se]1. The second kappa shape index (κ2) is 3.24. The summed E-state index contributed by atoms with van der Waals surface area (Å²) in [5.41, 5.74) is 0. The third kappa shape index (κ3) is 1.94. The number of hydrogen-bond donors (Lipinski definition) is 2. The molecule has 1 fully saturated rings. The zero-order valence-electron chi connectivity index (χ0n) is 5.69. The molecule has 2 unspecified atom stereocenters. The number of carboxylic acids is 2. The van der Waals surface area contributed by atoms with Gasteiger partial charge in [-0.2, -0.15) is 0 Å². The molecule has 0 aromatic rings. The Morgan fingerprint density at radius 3 is 1.64 bits per heavy atom. The average Bonchev–Trinajstić information content (AvgIpc) is 2.33. The molecule has 1 aliphatic heterocycles. The molecule has 62 valence electrons. The van der Waals surface area contributed by atoms with Gasteiger partial charge in [0.2, 0.25) is 0 Å². The standard InChI is InChI=1S/C6H8O4Se/c7-5(8)3-1-2-4(11-3)6(9)10/h3-4H,1-2H2,(H,7,8)(H,9,10). The molecule has 2 atom stereocenters. The Balaban J connectivity index is 2.47. The summed E-state index contributed by atoms with van der Waals surface area (Å²) < 4.78 is 0. The molecule has 0 saturated carbocycles. The number of aliphatic carboxylic acids is 2. The zero-order valence-corrected chi connectivity index (χ0v) is 7.40. The molecular formula is C6H8O4Se. The summed E-state index contributed by atoms with van der Waals surface area (Å²) in [6.07, 6.45) is 1.07. The van der Waals surface area contributed by atoms with E-state index in [0.717, 1.165) is 0 Å². The van der Waals surface area contributed by atoms with Crippen LogP contribution in [0, 0.1) is 0 Å². The van der Waals surface area contributed by atoms with Crippen molar-refractivity contribution in [3.05, 3.63) is 0 Å². The Morgan fingerprint density at radius 1 is 1.09 bits per heavy atom. The van der Waals surface area contributed by atoms with Gasteiger partial charge in [0.15, 0.2) is 0 Å². The van der Waals surface area contributed by atoms with Crippen molar-refractivity contribution < 1.29 is 19.8 Å². The van der Waals surface area contributed by atoms with Gasteiger partial charge in [0.25, 0.3) is 0 Å². The minimum absolute atomic E-state index is 0.252. The van der Waals surface area contributed by atoms with Crippen LogP contribution in [-0.2, 0) is 9.59 Å². The fraction of sp³-hybridized carbons (Fsp3) is 0.667. The van der Waals surface area contributed by atoms with E-state index in [9.17, 15) is 9.59 Å². The molecule has 0 radical (unpaired) electrons. The van der Waals surface area contributed by atoms with E-state index in [4.69, 9.17) is 10.2 Å². The molecule has 2 N–H and O–H groups in total. The van der Waals surface area contributed by atoms with E-state index in [-0.39, 0.29) is 24.6 Å². The molecule has 4 nitrogen and oxygen atoms in total. The summed E-state index contributed by atoms with van der Waals surface area (Å²) in [5.74, 6) is -1.68. The maximum atomic E-state index is 10.4. The van der Waals surface area contributed by atoms with Crippen LogP contribution in [0.2, 0.25) is 9.63 Å². The van der Waals surface area contributed by atoms with Crippen molar-refractivity contribution in [2.24, 2.45) is 0 Å². The van der Waals surface area contributed by atoms with Crippen LogP contribution in [0.25, 0.3) is 0 Å². The van der Waals surface area contributed by atoms with Gasteiger partial charge in [-0.25, -0.2) is 0 Å². The van der Waals surface area contributed by atoms with Crippen LogP contribution in [0.4, 0.5) is 0 Å². The van der Waals surface area contributed by atoms with Crippen molar-refractivity contribution in [1.29, 1.82) is 0 Å². The predicted molar refractivity (Wildman–Crippen MR) is 37.8 cm³/mol. The molecule has 0 aromatic heterocycles. The Hall–Kier alpha value is -0.541. The van der Waals surface area contributed by atoms with Gasteiger partial charge in [-0.05, 0) is 0 Å². The number of hydrogen-bond acceptors (Lipinski definition) is 2. The Bertz CT molecular complexity index is 171. The van der Waals surface area contributed by atoms with Crippen molar-refractivity contribution in [3.8, 4) is 0 Å². The van der Waals surface area contributed by atoms with Crippen LogP contribution >= 0.6 is 0 Å². The molecule has 0 spiro atoms. The van der Waals surface area contributed by atoms with E-state index in [1.165, 1.54) is 0 Å². The summed E-state index contributed by atoms with van der Waals surface area (Å²) in [6, 6.07) is 0. The quantitative estimate of drug-likeness (QED) is 0.657. The molecule has 1 rings (SSSR count). The average molecular weight is 223 g/mol. The number of carboxylic acid groups (broad SMARTS) is 2. The number of carbonyl (C=O) groups is 2. The fourth-order valence-corrected chi connectivity index (χ4v) is 3.46. The third-order valence-corrected chi connectivity index (χ3v) is 4.78. The van der Waals surface area contributed by atoms with Gasteiger partial charge in [0.05, 0.1) is 0 Å². The Morgan fingerprint density at radius 2 is 1.45 bits per heavy atom. The van der Waals surface area contributed by atoms with Gasteiger partial charge >= 0.3 is 69.2 Å². The van der Waals surface area contributed by atoms with Crippen LogP contribution in [0.5, 0.6) is 0 Å². The van der Waals surface area contributed by atoms with Crippen LogP contribution < -0.4 is 0 Å². The summed E-state index contributed by atoms with van der Waals surface area (Å²) in [5, 5.41) is 17.1. The van der Waals surface area contributed by atoms with Crippen LogP contribution in [0.3, 0.4) is 0 Å². The molecule has 1 heterocycles. The first kappa shape index (κ1) is 8.56.